The fourth-order valence-electron chi connectivity index (χ4n) is 4.68. The van der Waals surface area contributed by atoms with Gasteiger partial charge in [-0.05, 0) is 57.3 Å². The number of nitrogens with zero attached hydrogens (tertiary/aromatic N) is 4. The molecule has 6 nitrogen and oxygen atoms in total. The molecule has 1 aromatic heterocycles. The van der Waals surface area contributed by atoms with Crippen LogP contribution in [0.25, 0.3) is 16.9 Å². The van der Waals surface area contributed by atoms with Crippen molar-refractivity contribution in [3.8, 4) is 23.0 Å². The Morgan fingerprint density at radius 1 is 1.22 bits per heavy atom. The quantitative estimate of drug-likeness (QED) is 0.397. The molecule has 188 valence electrons. The fourth-order valence-corrected chi connectivity index (χ4v) is 5.08. The van der Waals surface area contributed by atoms with E-state index in [2.05, 4.69) is 11.4 Å². The van der Waals surface area contributed by atoms with Gasteiger partial charge in [-0.2, -0.15) is 5.26 Å². The molecule has 0 unspecified atom stereocenters. The molecule has 0 bridgehead atoms. The molecule has 1 aliphatic carbocycles. The molecule has 0 saturated heterocycles. The fraction of sp³-hybridized carbons (Fsp3) is 0.370. The van der Waals surface area contributed by atoms with Crippen LogP contribution in [-0.2, 0) is 0 Å². The van der Waals surface area contributed by atoms with E-state index < -0.39 is 5.82 Å². The van der Waals surface area contributed by atoms with Crippen LogP contribution >= 0.6 is 23.2 Å². The van der Waals surface area contributed by atoms with Crippen molar-refractivity contribution in [2.75, 3.05) is 27.2 Å². The molecule has 1 saturated carbocycles. The number of carbonyl (C=O) groups is 1. The summed E-state index contributed by atoms with van der Waals surface area (Å²) < 4.78 is 17.1. The molecule has 0 spiro atoms. The highest BCUT2D eigenvalue weighted by molar-refractivity contribution is 6.31. The molecule has 1 fully saturated rings. The van der Waals surface area contributed by atoms with E-state index in [0.717, 1.165) is 32.1 Å². The maximum Gasteiger partial charge on any atom is 0.251 e. The van der Waals surface area contributed by atoms with Crippen LogP contribution in [0.15, 0.2) is 36.4 Å². The third kappa shape index (κ3) is 5.57. The zero-order valence-electron chi connectivity index (χ0n) is 20.3. The van der Waals surface area contributed by atoms with Crippen molar-refractivity contribution in [1.29, 1.82) is 5.26 Å². The van der Waals surface area contributed by atoms with Gasteiger partial charge in [-0.1, -0.05) is 48.5 Å². The monoisotopic (exact) mass is 527 g/mol. The van der Waals surface area contributed by atoms with Crippen LogP contribution in [-0.4, -0.2) is 47.5 Å². The Kier molecular flexibility index (Phi) is 8.30. The first-order valence-electron chi connectivity index (χ1n) is 12.0. The number of benzene rings is 2. The standard InChI is InChI=1S/C27H28Cl2FN5O/c1-34(2)12-11-32-27(36)19-13-18(14-20(28)15-19)25-22(16-31)33-26(17-7-4-3-5-8-17)35(25)23-10-6-9-21(29)24(23)30/h6,9-10,13-15,17H,3-5,7-8,11-12H2,1-2H3,(H,32,36). The lowest BCUT2D eigenvalue weighted by molar-refractivity contribution is 0.0951. The minimum atomic E-state index is -0.594. The Labute approximate surface area is 220 Å². The lowest BCUT2D eigenvalue weighted by atomic mass is 9.88. The van der Waals surface area contributed by atoms with Crippen LogP contribution in [0.2, 0.25) is 10.0 Å². The maximum atomic E-state index is 15.4. The van der Waals surface area contributed by atoms with E-state index in [0.29, 0.717) is 40.8 Å². The number of halogens is 3. The van der Waals surface area contributed by atoms with Gasteiger partial charge in [0.2, 0.25) is 0 Å². The van der Waals surface area contributed by atoms with Crippen molar-refractivity contribution in [3.05, 3.63) is 69.3 Å². The average molecular weight is 528 g/mol. The van der Waals surface area contributed by atoms with Crippen LogP contribution in [0.1, 0.15) is 59.9 Å². The van der Waals surface area contributed by atoms with Crippen molar-refractivity contribution in [3.63, 3.8) is 0 Å². The first-order chi connectivity index (χ1) is 17.3. The lowest BCUT2D eigenvalue weighted by Crippen LogP contribution is -2.31. The zero-order valence-corrected chi connectivity index (χ0v) is 21.8. The van der Waals surface area contributed by atoms with Gasteiger partial charge in [-0.25, -0.2) is 9.37 Å². The number of aromatic nitrogens is 2. The molecular weight excluding hydrogens is 500 g/mol. The summed E-state index contributed by atoms with van der Waals surface area (Å²) in [6.45, 7) is 1.15. The molecule has 1 heterocycles. The topological polar surface area (TPSA) is 74.0 Å². The Balaban J connectivity index is 1.89. The maximum absolute atomic E-state index is 15.4. The number of carbonyl (C=O) groups excluding carboxylic acids is 1. The summed E-state index contributed by atoms with van der Waals surface area (Å²) >= 11 is 12.6. The Bertz CT molecular complexity index is 1310. The van der Waals surface area contributed by atoms with Gasteiger partial charge in [0, 0.05) is 35.2 Å². The van der Waals surface area contributed by atoms with Crippen LogP contribution in [0.3, 0.4) is 0 Å². The SMILES string of the molecule is CN(C)CCNC(=O)c1cc(Cl)cc(-c2c(C#N)nc(C3CCCCC3)n2-c2cccc(Cl)c2F)c1. The van der Waals surface area contributed by atoms with Crippen molar-refractivity contribution in [2.45, 2.75) is 38.0 Å². The van der Waals surface area contributed by atoms with E-state index in [1.807, 2.05) is 19.0 Å². The molecule has 4 rings (SSSR count). The van der Waals surface area contributed by atoms with Gasteiger partial charge in [0.05, 0.1) is 16.4 Å². The third-order valence-corrected chi connectivity index (χ3v) is 6.94. The number of amides is 1. The van der Waals surface area contributed by atoms with Gasteiger partial charge in [-0.3, -0.25) is 9.36 Å². The van der Waals surface area contributed by atoms with Gasteiger partial charge >= 0.3 is 0 Å². The molecule has 0 atom stereocenters. The van der Waals surface area contributed by atoms with Crippen LogP contribution in [0, 0.1) is 17.1 Å². The summed E-state index contributed by atoms with van der Waals surface area (Å²) in [5.41, 5.74) is 1.61. The van der Waals surface area contributed by atoms with E-state index in [9.17, 15) is 10.1 Å². The largest absolute Gasteiger partial charge is 0.351 e. The van der Waals surface area contributed by atoms with Gasteiger partial charge in [0.1, 0.15) is 11.9 Å². The second-order valence-electron chi connectivity index (χ2n) is 9.31. The van der Waals surface area contributed by atoms with Crippen molar-refractivity contribution < 1.29 is 9.18 Å². The van der Waals surface area contributed by atoms with E-state index in [1.54, 1.807) is 34.9 Å². The summed E-state index contributed by atoms with van der Waals surface area (Å²) in [6, 6.07) is 11.9. The molecule has 9 heteroatoms. The van der Waals surface area contributed by atoms with Crippen molar-refractivity contribution in [2.24, 2.45) is 0 Å². The van der Waals surface area contributed by atoms with E-state index in [-0.39, 0.29) is 28.2 Å². The second-order valence-corrected chi connectivity index (χ2v) is 10.2. The van der Waals surface area contributed by atoms with Gasteiger partial charge < -0.3 is 10.2 Å². The minimum Gasteiger partial charge on any atom is -0.351 e. The number of nitrogens with one attached hydrogen (secondary N) is 1. The Morgan fingerprint density at radius 3 is 2.67 bits per heavy atom. The summed E-state index contributed by atoms with van der Waals surface area (Å²) in [5, 5.41) is 13.2. The molecule has 1 N–H and O–H groups in total. The average Bonchev–Trinajstić information content (AvgIpc) is 3.25. The lowest BCUT2D eigenvalue weighted by Gasteiger charge is -2.23. The molecule has 2 aromatic carbocycles. The van der Waals surface area contributed by atoms with Crippen molar-refractivity contribution in [1.82, 2.24) is 19.8 Å². The first kappa shape index (κ1) is 26.2. The molecule has 0 radical (unpaired) electrons. The highest BCUT2D eigenvalue weighted by Crippen LogP contribution is 2.39. The molecular formula is C27H28Cl2FN5O. The molecule has 1 amide bonds. The van der Waals surface area contributed by atoms with Crippen LogP contribution in [0.4, 0.5) is 4.39 Å². The Hall–Kier alpha value is -2.92. The van der Waals surface area contributed by atoms with Gasteiger partial charge in [0.15, 0.2) is 11.5 Å². The zero-order chi connectivity index (χ0) is 25.8. The summed E-state index contributed by atoms with van der Waals surface area (Å²) in [6.07, 6.45) is 5.03. The highest BCUT2D eigenvalue weighted by atomic mass is 35.5. The van der Waals surface area contributed by atoms with Gasteiger partial charge in [0.25, 0.3) is 5.91 Å². The number of hydrogen-bond donors (Lipinski definition) is 1. The smallest absolute Gasteiger partial charge is 0.251 e. The van der Waals surface area contributed by atoms with E-state index in [4.69, 9.17) is 28.2 Å². The third-order valence-electron chi connectivity index (χ3n) is 6.43. The van der Waals surface area contributed by atoms with Crippen molar-refractivity contribution >= 4 is 29.1 Å². The highest BCUT2D eigenvalue weighted by Gasteiger charge is 2.29. The predicted octanol–water partition coefficient (Wildman–Crippen LogP) is 6.20. The molecule has 1 aliphatic rings. The minimum absolute atomic E-state index is 0.0210. The summed E-state index contributed by atoms with van der Waals surface area (Å²) in [7, 11) is 3.85. The number of likely N-dealkylation sites (N-methyl/N-ethyl adjacent to an activating group) is 1. The molecule has 0 aliphatic heterocycles. The summed E-state index contributed by atoms with van der Waals surface area (Å²) in [5.74, 6) is -0.181. The van der Waals surface area contributed by atoms with Crippen LogP contribution in [0.5, 0.6) is 0 Å². The predicted molar refractivity (Wildman–Crippen MR) is 140 cm³/mol. The Morgan fingerprint density at radius 2 is 1.97 bits per heavy atom. The molecule has 3 aromatic rings. The second kappa shape index (κ2) is 11.4. The number of rotatable bonds is 7. The van der Waals surface area contributed by atoms with Crippen LogP contribution < -0.4 is 5.32 Å². The van der Waals surface area contributed by atoms with E-state index in [1.165, 1.54) is 6.07 Å². The molecule has 36 heavy (non-hydrogen) atoms. The number of nitriles is 1. The van der Waals surface area contributed by atoms with E-state index >= 15 is 4.39 Å². The number of imidazole rings is 1. The normalized spacial score (nSPS) is 14.1. The summed E-state index contributed by atoms with van der Waals surface area (Å²) in [4.78, 5) is 19.5. The number of hydrogen-bond acceptors (Lipinski definition) is 4. The van der Waals surface area contributed by atoms with Gasteiger partial charge in [-0.15, -0.1) is 0 Å². The first-order valence-corrected chi connectivity index (χ1v) is 12.8.